The number of pyridine rings is 3. The van der Waals surface area contributed by atoms with Crippen LogP contribution in [0, 0.1) is 0 Å². The van der Waals surface area contributed by atoms with Gasteiger partial charge < -0.3 is 20.1 Å². The summed E-state index contributed by atoms with van der Waals surface area (Å²) >= 11 is 0. The van der Waals surface area contributed by atoms with E-state index in [1.54, 1.807) is 36.2 Å². The lowest BCUT2D eigenvalue weighted by atomic mass is 10.0. The number of methoxy groups -OCH3 is 2. The Morgan fingerprint density at radius 1 is 0.973 bits per heavy atom. The second-order valence-corrected chi connectivity index (χ2v) is 8.14. The van der Waals surface area contributed by atoms with E-state index in [9.17, 15) is 4.79 Å². The van der Waals surface area contributed by atoms with Crippen LogP contribution in [0.2, 0.25) is 0 Å². The number of fused-ring (bicyclic) bond motifs is 1. The molecule has 10 heteroatoms. The standard InChI is InChI=1S/C27H25N7O3/c1-36-23-7-8-24(33-27(23)37-2)32-22-15-21(16-34-25(22)30-17-31-34)19-3-5-20(6-4-19)26(35)29-14-11-18-9-12-28-13-10-18/h3-10,12-13,15-17H,11,14H2,1-2H3,(H,29,35)(H,32,33). The minimum atomic E-state index is -0.116. The molecule has 0 aliphatic carbocycles. The third kappa shape index (κ3) is 5.32. The molecule has 4 aromatic heterocycles. The maximum Gasteiger partial charge on any atom is 0.258 e. The number of rotatable bonds is 9. The first-order valence-electron chi connectivity index (χ1n) is 11.6. The number of anilines is 2. The summed E-state index contributed by atoms with van der Waals surface area (Å²) in [6.07, 6.45) is 7.62. The van der Waals surface area contributed by atoms with Crippen molar-refractivity contribution < 1.29 is 14.3 Å². The van der Waals surface area contributed by atoms with Crippen molar-refractivity contribution in [3.05, 3.63) is 90.6 Å². The van der Waals surface area contributed by atoms with Crippen molar-refractivity contribution in [2.45, 2.75) is 6.42 Å². The van der Waals surface area contributed by atoms with Gasteiger partial charge in [0, 0.05) is 36.3 Å². The van der Waals surface area contributed by atoms with Crippen LogP contribution in [-0.4, -0.2) is 51.2 Å². The summed E-state index contributed by atoms with van der Waals surface area (Å²) in [5.41, 5.74) is 4.90. The maximum atomic E-state index is 12.6. The van der Waals surface area contributed by atoms with Crippen LogP contribution >= 0.6 is 0 Å². The van der Waals surface area contributed by atoms with Gasteiger partial charge in [0.15, 0.2) is 11.4 Å². The van der Waals surface area contributed by atoms with Crippen molar-refractivity contribution in [2.75, 3.05) is 26.1 Å². The van der Waals surface area contributed by atoms with Gasteiger partial charge in [0.25, 0.3) is 11.8 Å². The van der Waals surface area contributed by atoms with Crippen LogP contribution in [0.4, 0.5) is 11.5 Å². The lowest BCUT2D eigenvalue weighted by molar-refractivity contribution is 0.0954. The van der Waals surface area contributed by atoms with Crippen molar-refractivity contribution in [2.24, 2.45) is 0 Å². The highest BCUT2D eigenvalue weighted by Crippen LogP contribution is 2.30. The lowest BCUT2D eigenvalue weighted by Gasteiger charge is -2.12. The molecular formula is C27H25N7O3. The molecule has 0 aliphatic heterocycles. The zero-order valence-corrected chi connectivity index (χ0v) is 20.4. The summed E-state index contributed by atoms with van der Waals surface area (Å²) in [5.74, 6) is 1.36. The summed E-state index contributed by atoms with van der Waals surface area (Å²) in [6.45, 7) is 0.548. The van der Waals surface area contributed by atoms with Gasteiger partial charge in [-0.3, -0.25) is 9.78 Å². The fourth-order valence-electron chi connectivity index (χ4n) is 3.90. The second kappa shape index (κ2) is 10.7. The van der Waals surface area contributed by atoms with Gasteiger partial charge in [-0.15, -0.1) is 0 Å². The Kier molecular flexibility index (Phi) is 6.89. The summed E-state index contributed by atoms with van der Waals surface area (Å²) in [6, 6.07) is 16.9. The molecule has 5 aromatic rings. The van der Waals surface area contributed by atoms with Gasteiger partial charge in [-0.05, 0) is 60.0 Å². The number of nitrogens with zero attached hydrogens (tertiary/aromatic N) is 5. The van der Waals surface area contributed by atoms with Gasteiger partial charge in [0.1, 0.15) is 12.1 Å². The third-order valence-corrected chi connectivity index (χ3v) is 5.81. The highest BCUT2D eigenvalue weighted by molar-refractivity contribution is 5.94. The predicted molar refractivity (Wildman–Crippen MR) is 139 cm³/mol. The molecule has 0 saturated heterocycles. The largest absolute Gasteiger partial charge is 0.491 e. The van der Waals surface area contributed by atoms with Gasteiger partial charge in [-0.1, -0.05) is 12.1 Å². The van der Waals surface area contributed by atoms with Crippen molar-refractivity contribution in [3.63, 3.8) is 0 Å². The Morgan fingerprint density at radius 2 is 1.78 bits per heavy atom. The summed E-state index contributed by atoms with van der Waals surface area (Å²) < 4.78 is 12.3. The molecular weight excluding hydrogens is 470 g/mol. The fourth-order valence-corrected chi connectivity index (χ4v) is 3.90. The fraction of sp³-hybridized carbons (Fsp3) is 0.148. The molecule has 0 spiro atoms. The van der Waals surface area contributed by atoms with Gasteiger partial charge in [0.2, 0.25) is 0 Å². The Morgan fingerprint density at radius 3 is 2.54 bits per heavy atom. The van der Waals surface area contributed by atoms with Crippen molar-refractivity contribution in [1.82, 2.24) is 29.9 Å². The number of hydrogen-bond donors (Lipinski definition) is 2. The molecule has 0 atom stereocenters. The topological polar surface area (TPSA) is 116 Å². The Hall–Kier alpha value is -4.99. The number of benzene rings is 1. The first-order valence-corrected chi connectivity index (χ1v) is 11.6. The average Bonchev–Trinajstić information content (AvgIpc) is 3.43. The van der Waals surface area contributed by atoms with E-state index in [1.807, 2.05) is 48.7 Å². The van der Waals surface area contributed by atoms with Gasteiger partial charge in [-0.2, -0.15) is 10.1 Å². The summed E-state index contributed by atoms with van der Waals surface area (Å²) in [5, 5.41) is 10.6. The van der Waals surface area contributed by atoms with Crippen LogP contribution in [-0.2, 0) is 6.42 Å². The van der Waals surface area contributed by atoms with Crippen molar-refractivity contribution in [1.29, 1.82) is 0 Å². The van der Waals surface area contributed by atoms with E-state index < -0.39 is 0 Å². The molecule has 1 amide bonds. The van der Waals surface area contributed by atoms with Crippen LogP contribution in [0.1, 0.15) is 15.9 Å². The molecule has 0 aliphatic rings. The average molecular weight is 496 g/mol. The minimum Gasteiger partial charge on any atom is -0.491 e. The maximum absolute atomic E-state index is 12.6. The zero-order chi connectivity index (χ0) is 25.6. The Balaban J connectivity index is 1.34. The van der Waals surface area contributed by atoms with Crippen molar-refractivity contribution in [3.8, 4) is 22.8 Å². The highest BCUT2D eigenvalue weighted by atomic mass is 16.5. The molecule has 4 heterocycles. The van der Waals surface area contributed by atoms with Crippen LogP contribution in [0.5, 0.6) is 11.6 Å². The monoisotopic (exact) mass is 495 g/mol. The van der Waals surface area contributed by atoms with E-state index in [1.165, 1.54) is 13.4 Å². The second-order valence-electron chi connectivity index (χ2n) is 8.14. The van der Waals surface area contributed by atoms with E-state index in [0.29, 0.717) is 40.9 Å². The molecule has 10 nitrogen and oxygen atoms in total. The Labute approximate surface area is 213 Å². The van der Waals surface area contributed by atoms with E-state index in [2.05, 4.69) is 30.7 Å². The lowest BCUT2D eigenvalue weighted by Crippen LogP contribution is -2.25. The molecule has 0 bridgehead atoms. The van der Waals surface area contributed by atoms with Crippen molar-refractivity contribution >= 4 is 23.1 Å². The van der Waals surface area contributed by atoms with Crippen LogP contribution < -0.4 is 20.1 Å². The number of amides is 1. The molecule has 5 rings (SSSR count). The smallest absolute Gasteiger partial charge is 0.258 e. The molecule has 186 valence electrons. The first-order chi connectivity index (χ1) is 18.1. The molecule has 2 N–H and O–H groups in total. The van der Waals surface area contributed by atoms with Gasteiger partial charge in [-0.25, -0.2) is 9.50 Å². The number of aromatic nitrogens is 5. The summed E-state index contributed by atoms with van der Waals surface area (Å²) in [4.78, 5) is 25.4. The van der Waals surface area contributed by atoms with E-state index >= 15 is 0 Å². The SMILES string of the molecule is COc1ccc(Nc2cc(-c3ccc(C(=O)NCCc4ccncc4)cc3)cn3ncnc23)nc1OC. The van der Waals surface area contributed by atoms with Gasteiger partial charge >= 0.3 is 0 Å². The van der Waals surface area contributed by atoms with Crippen LogP contribution in [0.15, 0.2) is 79.5 Å². The number of hydrogen-bond acceptors (Lipinski definition) is 8. The van der Waals surface area contributed by atoms with E-state index in [4.69, 9.17) is 9.47 Å². The first kappa shape index (κ1) is 23.7. The molecule has 0 saturated carbocycles. The third-order valence-electron chi connectivity index (χ3n) is 5.81. The Bertz CT molecular complexity index is 1520. The molecule has 0 unspecified atom stereocenters. The molecule has 0 radical (unpaired) electrons. The number of ether oxygens (including phenoxy) is 2. The zero-order valence-electron chi connectivity index (χ0n) is 20.4. The minimum absolute atomic E-state index is 0.116. The summed E-state index contributed by atoms with van der Waals surface area (Å²) in [7, 11) is 3.10. The predicted octanol–water partition coefficient (Wildman–Crippen LogP) is 3.92. The highest BCUT2D eigenvalue weighted by Gasteiger charge is 2.12. The van der Waals surface area contributed by atoms with Gasteiger partial charge in [0.05, 0.1) is 19.9 Å². The number of carbonyl (C=O) groups excluding carboxylic acids is 1. The normalized spacial score (nSPS) is 10.8. The van der Waals surface area contributed by atoms with E-state index in [-0.39, 0.29) is 5.91 Å². The molecule has 0 fully saturated rings. The molecule has 37 heavy (non-hydrogen) atoms. The molecule has 1 aromatic carbocycles. The number of nitrogens with one attached hydrogen (secondary N) is 2. The number of carbonyl (C=O) groups is 1. The van der Waals surface area contributed by atoms with Crippen LogP contribution in [0.3, 0.4) is 0 Å². The van der Waals surface area contributed by atoms with Crippen LogP contribution in [0.25, 0.3) is 16.8 Å². The quantitative estimate of drug-likeness (QED) is 0.316. The van der Waals surface area contributed by atoms with E-state index in [0.717, 1.165) is 23.1 Å².